The lowest BCUT2D eigenvalue weighted by Gasteiger charge is -2.09. The molecule has 1 aromatic carbocycles. The summed E-state index contributed by atoms with van der Waals surface area (Å²) in [4.78, 5) is 11.1. The van der Waals surface area contributed by atoms with E-state index in [2.05, 4.69) is 10.0 Å². The van der Waals surface area contributed by atoms with Crippen molar-refractivity contribution in [1.82, 2.24) is 10.0 Å². The van der Waals surface area contributed by atoms with Gasteiger partial charge in [0.15, 0.2) is 0 Å². The van der Waals surface area contributed by atoms with Crippen LogP contribution in [0.15, 0.2) is 23.1 Å². The predicted molar refractivity (Wildman–Crippen MR) is 75.0 cm³/mol. The number of carbonyl (C=O) groups is 1. The molecule has 106 valence electrons. The molecule has 0 fully saturated rings. The van der Waals surface area contributed by atoms with Gasteiger partial charge in [0.25, 0.3) is 0 Å². The van der Waals surface area contributed by atoms with E-state index < -0.39 is 15.9 Å². The number of amides is 1. The predicted octanol–water partition coefficient (Wildman–Crippen LogP) is 1.80. The molecule has 1 rings (SSSR count). The van der Waals surface area contributed by atoms with Crippen LogP contribution < -0.4 is 10.0 Å². The molecule has 2 N–H and O–H groups in total. The Morgan fingerprint density at radius 1 is 1.26 bits per heavy atom. The van der Waals surface area contributed by atoms with Crippen molar-refractivity contribution < 1.29 is 13.2 Å². The van der Waals surface area contributed by atoms with Gasteiger partial charge < -0.3 is 5.32 Å². The summed E-state index contributed by atoms with van der Waals surface area (Å²) in [6, 6.07) is 4.37. The van der Waals surface area contributed by atoms with E-state index in [1.54, 1.807) is 0 Å². The average Bonchev–Trinajstić information content (AvgIpc) is 2.33. The van der Waals surface area contributed by atoms with Crippen molar-refractivity contribution in [2.45, 2.75) is 18.2 Å². The van der Waals surface area contributed by atoms with Crippen LogP contribution in [0.1, 0.15) is 13.3 Å². The number of rotatable bonds is 6. The SMILES string of the molecule is CCCNC(=O)CNS(=O)(=O)c1c(Cl)cccc1Cl. The first-order valence-corrected chi connectivity index (χ1v) is 7.82. The van der Waals surface area contributed by atoms with Gasteiger partial charge in [-0.15, -0.1) is 0 Å². The second kappa shape index (κ2) is 7.09. The van der Waals surface area contributed by atoms with Gasteiger partial charge in [0.1, 0.15) is 4.90 Å². The van der Waals surface area contributed by atoms with Gasteiger partial charge in [-0.1, -0.05) is 36.2 Å². The highest BCUT2D eigenvalue weighted by atomic mass is 35.5. The third-order valence-corrected chi connectivity index (χ3v) is 4.54. The summed E-state index contributed by atoms with van der Waals surface area (Å²) in [6.07, 6.45) is 0.773. The fourth-order valence-electron chi connectivity index (χ4n) is 1.30. The highest BCUT2D eigenvalue weighted by Gasteiger charge is 2.21. The zero-order valence-electron chi connectivity index (χ0n) is 10.2. The molecule has 1 aromatic rings. The lowest BCUT2D eigenvalue weighted by molar-refractivity contribution is -0.119. The van der Waals surface area contributed by atoms with Crippen molar-refractivity contribution in [3.8, 4) is 0 Å². The van der Waals surface area contributed by atoms with Crippen molar-refractivity contribution in [2.24, 2.45) is 0 Å². The summed E-state index contributed by atoms with van der Waals surface area (Å²) >= 11 is 11.6. The molecule has 1 amide bonds. The zero-order chi connectivity index (χ0) is 14.5. The standard InChI is InChI=1S/C11H14Cl2N2O3S/c1-2-6-14-10(16)7-15-19(17,18)11-8(12)4-3-5-9(11)13/h3-5,15H,2,6-7H2,1H3,(H,14,16). The summed E-state index contributed by atoms with van der Waals surface area (Å²) in [5.74, 6) is -0.409. The molecule has 8 heteroatoms. The fourth-order valence-corrected chi connectivity index (χ4v) is 3.42. The second-order valence-corrected chi connectivity index (χ2v) is 6.24. The minimum absolute atomic E-state index is 0.00830. The van der Waals surface area contributed by atoms with Crippen LogP contribution in [0.2, 0.25) is 10.0 Å². The topological polar surface area (TPSA) is 75.3 Å². The van der Waals surface area contributed by atoms with Gasteiger partial charge in [0.2, 0.25) is 15.9 Å². The third kappa shape index (κ3) is 4.65. The lowest BCUT2D eigenvalue weighted by atomic mass is 10.4. The van der Waals surface area contributed by atoms with Gasteiger partial charge in [0, 0.05) is 6.54 Å². The number of hydrogen-bond donors (Lipinski definition) is 2. The Morgan fingerprint density at radius 3 is 2.37 bits per heavy atom. The van der Waals surface area contributed by atoms with Gasteiger partial charge in [-0.2, -0.15) is 0 Å². The monoisotopic (exact) mass is 324 g/mol. The molecule has 0 spiro atoms. The molecule has 0 aliphatic rings. The van der Waals surface area contributed by atoms with Crippen LogP contribution in [0.25, 0.3) is 0 Å². The molecule has 5 nitrogen and oxygen atoms in total. The van der Waals surface area contributed by atoms with E-state index in [1.807, 2.05) is 6.92 Å². The van der Waals surface area contributed by atoms with Gasteiger partial charge in [-0.25, -0.2) is 13.1 Å². The van der Waals surface area contributed by atoms with Crippen molar-refractivity contribution in [1.29, 1.82) is 0 Å². The van der Waals surface area contributed by atoms with E-state index in [9.17, 15) is 13.2 Å². The van der Waals surface area contributed by atoms with Gasteiger partial charge >= 0.3 is 0 Å². The van der Waals surface area contributed by atoms with Crippen LogP contribution in [0.5, 0.6) is 0 Å². The largest absolute Gasteiger partial charge is 0.355 e. The molecule has 0 heterocycles. The number of hydrogen-bond acceptors (Lipinski definition) is 3. The minimum Gasteiger partial charge on any atom is -0.355 e. The van der Waals surface area contributed by atoms with Crippen molar-refractivity contribution >= 4 is 39.1 Å². The normalized spacial score (nSPS) is 11.3. The molecule has 0 saturated carbocycles. The number of halogens is 2. The number of carbonyl (C=O) groups excluding carboxylic acids is 1. The summed E-state index contributed by atoms with van der Waals surface area (Å²) in [7, 11) is -3.92. The maximum absolute atomic E-state index is 12.0. The summed E-state index contributed by atoms with van der Waals surface area (Å²) in [5, 5.41) is 2.57. The van der Waals surface area contributed by atoms with E-state index in [0.717, 1.165) is 6.42 Å². The Hall–Kier alpha value is -0.820. The molecule has 0 unspecified atom stereocenters. The van der Waals surface area contributed by atoms with Gasteiger partial charge in [-0.05, 0) is 18.6 Å². The maximum atomic E-state index is 12.0. The number of benzene rings is 1. The Balaban J connectivity index is 2.80. The molecular formula is C11H14Cl2N2O3S. The maximum Gasteiger partial charge on any atom is 0.244 e. The first-order valence-electron chi connectivity index (χ1n) is 5.59. The lowest BCUT2D eigenvalue weighted by Crippen LogP contribution is -2.37. The first kappa shape index (κ1) is 16.2. The second-order valence-electron chi connectivity index (χ2n) is 3.73. The van der Waals surface area contributed by atoms with Gasteiger partial charge in [-0.3, -0.25) is 4.79 Å². The van der Waals surface area contributed by atoms with E-state index in [1.165, 1.54) is 18.2 Å². The van der Waals surface area contributed by atoms with Crippen LogP contribution in [-0.2, 0) is 14.8 Å². The highest BCUT2D eigenvalue weighted by Crippen LogP contribution is 2.28. The summed E-state index contributed by atoms with van der Waals surface area (Å²) < 4.78 is 26.1. The molecule has 0 aliphatic carbocycles. The van der Waals surface area contributed by atoms with E-state index >= 15 is 0 Å². The minimum atomic E-state index is -3.92. The van der Waals surface area contributed by atoms with Crippen LogP contribution in [0.4, 0.5) is 0 Å². The quantitative estimate of drug-likeness (QED) is 0.837. The molecule has 0 saturated heterocycles. The van der Waals surface area contributed by atoms with Crippen molar-refractivity contribution in [3.05, 3.63) is 28.2 Å². The molecule has 19 heavy (non-hydrogen) atoms. The Kier molecular flexibility index (Phi) is 6.06. The highest BCUT2D eigenvalue weighted by molar-refractivity contribution is 7.89. The molecule has 0 bridgehead atoms. The van der Waals surface area contributed by atoms with Crippen LogP contribution >= 0.6 is 23.2 Å². The molecule has 0 radical (unpaired) electrons. The van der Waals surface area contributed by atoms with Crippen LogP contribution in [-0.4, -0.2) is 27.4 Å². The Bertz CT molecular complexity index is 541. The van der Waals surface area contributed by atoms with Crippen molar-refractivity contribution in [3.63, 3.8) is 0 Å². The molecular weight excluding hydrogens is 311 g/mol. The van der Waals surface area contributed by atoms with Crippen LogP contribution in [0.3, 0.4) is 0 Å². The number of sulfonamides is 1. The number of nitrogens with one attached hydrogen (secondary N) is 2. The van der Waals surface area contributed by atoms with E-state index in [4.69, 9.17) is 23.2 Å². The van der Waals surface area contributed by atoms with Crippen LogP contribution in [0, 0.1) is 0 Å². The Morgan fingerprint density at radius 2 is 1.84 bits per heavy atom. The third-order valence-electron chi connectivity index (χ3n) is 2.18. The smallest absolute Gasteiger partial charge is 0.244 e. The molecule has 0 atom stereocenters. The van der Waals surface area contributed by atoms with E-state index in [0.29, 0.717) is 6.54 Å². The fraction of sp³-hybridized carbons (Fsp3) is 0.364. The first-order chi connectivity index (χ1) is 8.88. The van der Waals surface area contributed by atoms with E-state index in [-0.39, 0.29) is 21.5 Å². The molecule has 0 aromatic heterocycles. The zero-order valence-corrected chi connectivity index (χ0v) is 12.6. The molecule has 0 aliphatic heterocycles. The summed E-state index contributed by atoms with van der Waals surface area (Å²) in [6.45, 7) is 2.03. The summed E-state index contributed by atoms with van der Waals surface area (Å²) in [5.41, 5.74) is 0. The van der Waals surface area contributed by atoms with Gasteiger partial charge in [0.05, 0.1) is 16.6 Å². The Labute approximate surface area is 122 Å². The average molecular weight is 325 g/mol. The van der Waals surface area contributed by atoms with Crippen molar-refractivity contribution in [2.75, 3.05) is 13.1 Å².